The van der Waals surface area contributed by atoms with E-state index in [1.807, 2.05) is 11.8 Å². The number of carbonyl (C=O) groups excluding carboxylic acids is 1. The van der Waals surface area contributed by atoms with E-state index in [1.165, 1.54) is 11.3 Å². The summed E-state index contributed by atoms with van der Waals surface area (Å²) < 4.78 is 0. The van der Waals surface area contributed by atoms with Gasteiger partial charge in [-0.1, -0.05) is 25.2 Å². The first-order valence-electron chi connectivity index (χ1n) is 6.98. The van der Waals surface area contributed by atoms with Crippen LogP contribution in [0.4, 0.5) is 5.13 Å². The minimum atomic E-state index is 0.0314. The summed E-state index contributed by atoms with van der Waals surface area (Å²) in [5, 5.41) is 12.3. The lowest BCUT2D eigenvalue weighted by Crippen LogP contribution is -2.39. The van der Waals surface area contributed by atoms with Gasteiger partial charge in [-0.25, -0.2) is 0 Å². The van der Waals surface area contributed by atoms with Crippen molar-refractivity contribution in [2.45, 2.75) is 33.6 Å². The molecule has 2 rings (SSSR count). The van der Waals surface area contributed by atoms with Crippen LogP contribution in [0.1, 0.15) is 43.4 Å². The zero-order valence-corrected chi connectivity index (χ0v) is 12.7. The summed E-state index contributed by atoms with van der Waals surface area (Å²) in [7, 11) is 0. The maximum atomic E-state index is 12.3. The molecule has 1 saturated heterocycles. The lowest BCUT2D eigenvalue weighted by atomic mass is 9.87. The molecule has 1 aliphatic heterocycles. The average Bonchev–Trinajstić information content (AvgIpc) is 2.87. The van der Waals surface area contributed by atoms with Gasteiger partial charge in [-0.2, -0.15) is 0 Å². The fourth-order valence-electron chi connectivity index (χ4n) is 2.44. The van der Waals surface area contributed by atoms with Crippen molar-refractivity contribution in [1.29, 1.82) is 0 Å². The largest absolute Gasteiger partial charge is 0.360 e. The van der Waals surface area contributed by atoms with Gasteiger partial charge in [0, 0.05) is 19.6 Å². The zero-order valence-electron chi connectivity index (χ0n) is 11.8. The first-order valence-corrected chi connectivity index (χ1v) is 7.80. The van der Waals surface area contributed by atoms with Crippen LogP contribution in [0.15, 0.2) is 0 Å². The number of rotatable bonds is 4. The molecule has 0 unspecified atom stereocenters. The maximum absolute atomic E-state index is 12.3. The van der Waals surface area contributed by atoms with Crippen LogP contribution in [0.25, 0.3) is 0 Å². The Morgan fingerprint density at radius 1 is 1.42 bits per heavy atom. The fourth-order valence-corrected chi connectivity index (χ4v) is 3.22. The minimum absolute atomic E-state index is 0.0314. The molecule has 0 atom stereocenters. The highest BCUT2D eigenvalue weighted by Gasteiger charge is 2.27. The number of nitrogens with zero attached hydrogens (tertiary/aromatic N) is 3. The van der Waals surface area contributed by atoms with Gasteiger partial charge in [0.05, 0.1) is 0 Å². The van der Waals surface area contributed by atoms with Gasteiger partial charge in [0.2, 0.25) is 10.1 Å². The number of hydrogen-bond acceptors (Lipinski definition) is 5. The number of likely N-dealkylation sites (tertiary alicyclic amines) is 1. The molecule has 19 heavy (non-hydrogen) atoms. The Morgan fingerprint density at radius 2 is 2.11 bits per heavy atom. The zero-order chi connectivity index (χ0) is 13.8. The van der Waals surface area contributed by atoms with E-state index < -0.39 is 0 Å². The predicted molar refractivity (Wildman–Crippen MR) is 77.5 cm³/mol. The van der Waals surface area contributed by atoms with Crippen molar-refractivity contribution in [3.8, 4) is 0 Å². The monoisotopic (exact) mass is 282 g/mol. The lowest BCUT2D eigenvalue weighted by Gasteiger charge is -2.33. The smallest absolute Gasteiger partial charge is 0.284 e. The summed E-state index contributed by atoms with van der Waals surface area (Å²) in [4.78, 5) is 14.2. The Labute approximate surface area is 118 Å². The molecule has 106 valence electrons. The Morgan fingerprint density at radius 3 is 2.68 bits per heavy atom. The molecule has 6 heteroatoms. The first-order chi connectivity index (χ1) is 9.11. The van der Waals surface area contributed by atoms with Crippen LogP contribution in [0.3, 0.4) is 0 Å². The van der Waals surface area contributed by atoms with E-state index in [4.69, 9.17) is 0 Å². The number of hydrogen-bond donors (Lipinski definition) is 1. The molecule has 0 spiro atoms. The molecular weight excluding hydrogens is 260 g/mol. The maximum Gasteiger partial charge on any atom is 0.284 e. The number of anilines is 1. The number of aromatic nitrogens is 2. The molecule has 1 aromatic heterocycles. The number of nitrogens with one attached hydrogen (secondary N) is 1. The van der Waals surface area contributed by atoms with Crippen molar-refractivity contribution in [1.82, 2.24) is 15.1 Å². The van der Waals surface area contributed by atoms with Gasteiger partial charge in [0.15, 0.2) is 0 Å². The Kier molecular flexibility index (Phi) is 4.74. The van der Waals surface area contributed by atoms with Crippen molar-refractivity contribution in [3.05, 3.63) is 5.01 Å². The summed E-state index contributed by atoms with van der Waals surface area (Å²) >= 11 is 1.34. The Bertz CT molecular complexity index is 424. The molecule has 1 N–H and O–H groups in total. The molecule has 5 nitrogen and oxygen atoms in total. The van der Waals surface area contributed by atoms with Crippen LogP contribution in [0.5, 0.6) is 0 Å². The lowest BCUT2D eigenvalue weighted by molar-refractivity contribution is 0.0666. The standard InChI is InChI=1S/C13H22N4OS/c1-4-14-13-16-15-11(19-13)12(18)17-7-5-10(6-8-17)9(2)3/h9-10H,4-8H2,1-3H3,(H,14,16). The van der Waals surface area contributed by atoms with Gasteiger partial charge in [-0.15, -0.1) is 10.2 Å². The van der Waals surface area contributed by atoms with Crippen LogP contribution in [-0.4, -0.2) is 40.6 Å². The highest BCUT2D eigenvalue weighted by Crippen LogP contribution is 2.26. The number of amides is 1. The van der Waals surface area contributed by atoms with Gasteiger partial charge in [0.25, 0.3) is 5.91 Å². The quantitative estimate of drug-likeness (QED) is 0.921. The van der Waals surface area contributed by atoms with Crippen molar-refractivity contribution in [2.75, 3.05) is 25.0 Å². The molecule has 0 aliphatic carbocycles. The van der Waals surface area contributed by atoms with Crippen LogP contribution in [0.2, 0.25) is 0 Å². The minimum Gasteiger partial charge on any atom is -0.360 e. The van der Waals surface area contributed by atoms with Gasteiger partial charge < -0.3 is 10.2 Å². The highest BCUT2D eigenvalue weighted by molar-refractivity contribution is 7.17. The molecule has 1 fully saturated rings. The second kappa shape index (κ2) is 6.32. The van der Waals surface area contributed by atoms with E-state index in [2.05, 4.69) is 29.4 Å². The summed E-state index contributed by atoms with van der Waals surface area (Å²) in [5.41, 5.74) is 0. The second-order valence-electron chi connectivity index (χ2n) is 5.32. The first kappa shape index (κ1) is 14.2. The molecule has 1 aromatic rings. The van der Waals surface area contributed by atoms with E-state index in [0.717, 1.165) is 43.5 Å². The summed E-state index contributed by atoms with van der Waals surface area (Å²) in [6.07, 6.45) is 2.20. The normalized spacial score (nSPS) is 16.9. The molecule has 0 bridgehead atoms. The molecule has 0 aromatic carbocycles. The highest BCUT2D eigenvalue weighted by atomic mass is 32.1. The van der Waals surface area contributed by atoms with Gasteiger partial charge >= 0.3 is 0 Å². The van der Waals surface area contributed by atoms with Crippen molar-refractivity contribution in [3.63, 3.8) is 0 Å². The van der Waals surface area contributed by atoms with Crippen molar-refractivity contribution < 1.29 is 4.79 Å². The van der Waals surface area contributed by atoms with E-state index in [-0.39, 0.29) is 5.91 Å². The third kappa shape index (κ3) is 3.43. The van der Waals surface area contributed by atoms with Crippen LogP contribution in [0, 0.1) is 11.8 Å². The topological polar surface area (TPSA) is 58.1 Å². The number of piperidine rings is 1. The third-order valence-corrected chi connectivity index (χ3v) is 4.57. The third-order valence-electron chi connectivity index (χ3n) is 3.71. The molecule has 0 radical (unpaired) electrons. The molecule has 1 amide bonds. The van der Waals surface area contributed by atoms with Crippen molar-refractivity contribution in [2.24, 2.45) is 11.8 Å². The summed E-state index contributed by atoms with van der Waals surface area (Å²) in [6, 6.07) is 0. The predicted octanol–water partition coefficient (Wildman–Crippen LogP) is 2.48. The molecule has 2 heterocycles. The second-order valence-corrected chi connectivity index (χ2v) is 6.29. The van der Waals surface area contributed by atoms with Crippen LogP contribution in [-0.2, 0) is 0 Å². The van der Waals surface area contributed by atoms with Crippen LogP contribution >= 0.6 is 11.3 Å². The van der Waals surface area contributed by atoms with Gasteiger partial charge in [-0.3, -0.25) is 4.79 Å². The number of carbonyl (C=O) groups is 1. The average molecular weight is 282 g/mol. The molecular formula is C13H22N4OS. The Hall–Kier alpha value is -1.17. The summed E-state index contributed by atoms with van der Waals surface area (Å²) in [6.45, 7) is 9.00. The summed E-state index contributed by atoms with van der Waals surface area (Å²) in [5.74, 6) is 1.48. The molecule has 0 saturated carbocycles. The molecule has 1 aliphatic rings. The SMILES string of the molecule is CCNc1nnc(C(=O)N2CCC(C(C)C)CC2)s1. The Balaban J connectivity index is 1.93. The van der Waals surface area contributed by atoms with E-state index in [0.29, 0.717) is 10.9 Å². The van der Waals surface area contributed by atoms with Crippen molar-refractivity contribution >= 4 is 22.4 Å². The van der Waals surface area contributed by atoms with E-state index >= 15 is 0 Å². The van der Waals surface area contributed by atoms with E-state index in [9.17, 15) is 4.79 Å². The van der Waals surface area contributed by atoms with E-state index in [1.54, 1.807) is 0 Å². The van der Waals surface area contributed by atoms with Crippen LogP contribution < -0.4 is 5.32 Å². The van der Waals surface area contributed by atoms with Gasteiger partial charge in [-0.05, 0) is 31.6 Å². The van der Waals surface area contributed by atoms with Gasteiger partial charge in [0.1, 0.15) is 0 Å². The fraction of sp³-hybridized carbons (Fsp3) is 0.769.